The largest absolute Gasteiger partial charge is 0.497 e. The highest BCUT2D eigenvalue weighted by molar-refractivity contribution is 5.91. The summed E-state index contributed by atoms with van der Waals surface area (Å²) in [6, 6.07) is 5.11. The summed E-state index contributed by atoms with van der Waals surface area (Å²) in [5, 5.41) is 6.92. The molecule has 1 atom stereocenters. The Morgan fingerprint density at radius 1 is 1.29 bits per heavy atom. The molecule has 0 saturated carbocycles. The molecule has 10 heteroatoms. The second kappa shape index (κ2) is 9.41. The number of anilines is 1. The molecule has 4 rings (SSSR count). The first-order chi connectivity index (χ1) is 15.2. The molecule has 0 aliphatic carbocycles. The number of nitrogens with one attached hydrogen (secondary N) is 1. The lowest BCUT2D eigenvalue weighted by Crippen LogP contribution is -2.42. The molecule has 10 nitrogen and oxygen atoms in total. The summed E-state index contributed by atoms with van der Waals surface area (Å²) in [7, 11) is 3.14. The number of carbonyl (C=O) groups is 1. The fourth-order valence-electron chi connectivity index (χ4n) is 3.62. The van der Waals surface area contributed by atoms with Crippen LogP contribution in [-0.4, -0.2) is 58.3 Å². The third-order valence-corrected chi connectivity index (χ3v) is 5.18. The van der Waals surface area contributed by atoms with Crippen molar-refractivity contribution in [3.05, 3.63) is 42.7 Å². The van der Waals surface area contributed by atoms with E-state index in [1.54, 1.807) is 55.9 Å². The lowest BCUT2D eigenvalue weighted by molar-refractivity contribution is 0.173. The number of methoxy groups -OCH3 is 2. The van der Waals surface area contributed by atoms with E-state index >= 15 is 0 Å². The van der Waals surface area contributed by atoms with Gasteiger partial charge in [0.25, 0.3) is 0 Å². The molecule has 1 fully saturated rings. The van der Waals surface area contributed by atoms with Gasteiger partial charge in [-0.1, -0.05) is 5.16 Å². The van der Waals surface area contributed by atoms with E-state index in [9.17, 15) is 4.79 Å². The van der Waals surface area contributed by atoms with Crippen LogP contribution in [0.25, 0.3) is 11.5 Å². The molecule has 1 saturated heterocycles. The quantitative estimate of drug-likeness (QED) is 0.642. The average Bonchev–Trinajstić information content (AvgIpc) is 3.28. The molecular weight excluding hydrogens is 400 g/mol. The number of rotatable bonds is 6. The predicted molar refractivity (Wildman–Crippen MR) is 112 cm³/mol. The van der Waals surface area contributed by atoms with Crippen LogP contribution in [-0.2, 0) is 6.42 Å². The number of carbonyl (C=O) groups excluding carboxylic acids is 1. The Balaban J connectivity index is 1.37. The van der Waals surface area contributed by atoms with Crippen molar-refractivity contribution in [3.63, 3.8) is 0 Å². The van der Waals surface area contributed by atoms with E-state index in [4.69, 9.17) is 14.0 Å². The van der Waals surface area contributed by atoms with Crippen molar-refractivity contribution < 1.29 is 18.8 Å². The molecular formula is C21H24N6O4. The van der Waals surface area contributed by atoms with E-state index in [0.29, 0.717) is 54.1 Å². The van der Waals surface area contributed by atoms with Gasteiger partial charge in [-0.2, -0.15) is 4.98 Å². The van der Waals surface area contributed by atoms with Gasteiger partial charge in [-0.15, -0.1) is 0 Å². The van der Waals surface area contributed by atoms with Gasteiger partial charge < -0.3 is 24.2 Å². The minimum atomic E-state index is -0.168. The molecule has 1 aliphatic rings. The molecule has 3 aromatic rings. The van der Waals surface area contributed by atoms with E-state index in [1.165, 1.54) is 0 Å². The number of hydrogen-bond acceptors (Lipinski definition) is 8. The number of ether oxygens (including phenoxy) is 2. The van der Waals surface area contributed by atoms with Crippen molar-refractivity contribution in [2.45, 2.75) is 19.3 Å². The number of piperidine rings is 1. The number of nitrogens with zero attached hydrogens (tertiary/aromatic N) is 5. The molecule has 3 heterocycles. The minimum Gasteiger partial charge on any atom is -0.497 e. The molecule has 162 valence electrons. The fourth-order valence-corrected chi connectivity index (χ4v) is 3.62. The number of aromatic nitrogens is 4. The highest BCUT2D eigenvalue weighted by Gasteiger charge is 2.26. The van der Waals surface area contributed by atoms with Crippen LogP contribution < -0.4 is 14.8 Å². The van der Waals surface area contributed by atoms with Crippen molar-refractivity contribution in [2.75, 3.05) is 32.6 Å². The first-order valence-electron chi connectivity index (χ1n) is 10.0. The first-order valence-corrected chi connectivity index (χ1v) is 10.0. The summed E-state index contributed by atoms with van der Waals surface area (Å²) in [6.45, 7) is 1.29. The van der Waals surface area contributed by atoms with Gasteiger partial charge in [0.1, 0.15) is 17.2 Å². The minimum absolute atomic E-state index is 0.168. The van der Waals surface area contributed by atoms with E-state index in [2.05, 4.69) is 25.4 Å². The highest BCUT2D eigenvalue weighted by Crippen LogP contribution is 2.30. The van der Waals surface area contributed by atoms with Crippen molar-refractivity contribution in [1.29, 1.82) is 0 Å². The number of hydrogen-bond donors (Lipinski definition) is 1. The second-order valence-electron chi connectivity index (χ2n) is 7.26. The Morgan fingerprint density at radius 3 is 2.97 bits per heavy atom. The van der Waals surface area contributed by atoms with Gasteiger partial charge in [0.2, 0.25) is 11.7 Å². The average molecular weight is 424 g/mol. The van der Waals surface area contributed by atoms with Crippen LogP contribution in [0.1, 0.15) is 18.7 Å². The Kier molecular flexibility index (Phi) is 6.25. The van der Waals surface area contributed by atoms with E-state index in [0.717, 1.165) is 12.8 Å². The Hall–Kier alpha value is -3.69. The highest BCUT2D eigenvalue weighted by atomic mass is 16.5. The summed E-state index contributed by atoms with van der Waals surface area (Å²) in [5.74, 6) is 2.38. The molecule has 0 radical (unpaired) electrons. The summed E-state index contributed by atoms with van der Waals surface area (Å²) in [4.78, 5) is 27.3. The molecule has 1 aromatic carbocycles. The van der Waals surface area contributed by atoms with Gasteiger partial charge in [0.15, 0.2) is 0 Å². The molecule has 0 bridgehead atoms. The van der Waals surface area contributed by atoms with Crippen molar-refractivity contribution in [1.82, 2.24) is 25.0 Å². The summed E-state index contributed by atoms with van der Waals surface area (Å²) in [5.41, 5.74) is 1.16. The van der Waals surface area contributed by atoms with Gasteiger partial charge in [-0.25, -0.2) is 9.78 Å². The number of urea groups is 1. The van der Waals surface area contributed by atoms with Crippen LogP contribution in [0.3, 0.4) is 0 Å². The maximum Gasteiger partial charge on any atom is 0.321 e. The smallest absolute Gasteiger partial charge is 0.321 e. The molecule has 0 spiro atoms. The summed E-state index contributed by atoms with van der Waals surface area (Å²) in [6.07, 6.45) is 7.26. The van der Waals surface area contributed by atoms with Crippen LogP contribution in [0, 0.1) is 5.92 Å². The zero-order chi connectivity index (χ0) is 21.6. The zero-order valence-electron chi connectivity index (χ0n) is 17.4. The van der Waals surface area contributed by atoms with E-state index in [1.807, 2.05) is 0 Å². The van der Waals surface area contributed by atoms with Crippen molar-refractivity contribution >= 4 is 11.7 Å². The summed E-state index contributed by atoms with van der Waals surface area (Å²) >= 11 is 0. The van der Waals surface area contributed by atoms with Gasteiger partial charge in [0, 0.05) is 38.0 Å². The Bertz CT molecular complexity index is 1030. The third kappa shape index (κ3) is 4.90. The van der Waals surface area contributed by atoms with Gasteiger partial charge in [0.05, 0.1) is 26.1 Å². The number of benzene rings is 1. The second-order valence-corrected chi connectivity index (χ2v) is 7.26. The Labute approximate surface area is 179 Å². The molecule has 1 N–H and O–H groups in total. The third-order valence-electron chi connectivity index (χ3n) is 5.18. The van der Waals surface area contributed by atoms with Crippen molar-refractivity contribution in [2.24, 2.45) is 5.92 Å². The van der Waals surface area contributed by atoms with Crippen LogP contribution in [0.15, 0.2) is 41.3 Å². The maximum absolute atomic E-state index is 12.8. The molecule has 1 unspecified atom stereocenters. The maximum atomic E-state index is 12.8. The van der Waals surface area contributed by atoms with Crippen LogP contribution in [0.5, 0.6) is 11.5 Å². The number of amides is 2. The monoisotopic (exact) mass is 424 g/mol. The van der Waals surface area contributed by atoms with Crippen molar-refractivity contribution in [3.8, 4) is 23.0 Å². The lowest BCUT2D eigenvalue weighted by Gasteiger charge is -2.32. The van der Waals surface area contributed by atoms with Gasteiger partial charge in [-0.3, -0.25) is 4.98 Å². The van der Waals surface area contributed by atoms with E-state index < -0.39 is 0 Å². The van der Waals surface area contributed by atoms with Crippen LogP contribution in [0.4, 0.5) is 10.5 Å². The summed E-state index contributed by atoms with van der Waals surface area (Å²) < 4.78 is 16.0. The van der Waals surface area contributed by atoms with Gasteiger partial charge >= 0.3 is 6.03 Å². The van der Waals surface area contributed by atoms with Crippen LogP contribution in [0.2, 0.25) is 0 Å². The SMILES string of the molecule is COc1ccc(NC(=O)N2CCCC(Cc3nc(-c4cnccn4)no3)C2)c(OC)c1. The molecule has 1 aliphatic heterocycles. The van der Waals surface area contributed by atoms with Crippen LogP contribution >= 0.6 is 0 Å². The van der Waals surface area contributed by atoms with E-state index in [-0.39, 0.29) is 11.9 Å². The first kappa shape index (κ1) is 20.6. The normalized spacial score (nSPS) is 16.1. The lowest BCUT2D eigenvalue weighted by atomic mass is 9.95. The number of likely N-dealkylation sites (tertiary alicyclic amines) is 1. The van der Waals surface area contributed by atoms with Gasteiger partial charge in [-0.05, 0) is 30.9 Å². The Morgan fingerprint density at radius 2 is 2.19 bits per heavy atom. The standard InChI is InChI=1S/C21H24N6O4/c1-29-15-5-6-16(18(11-15)30-2)24-21(28)27-9-3-4-14(13-27)10-19-25-20(26-31-19)17-12-22-7-8-23-17/h5-8,11-12,14H,3-4,9-10,13H2,1-2H3,(H,24,28). The zero-order valence-corrected chi connectivity index (χ0v) is 17.4. The molecule has 2 amide bonds. The molecule has 2 aromatic heterocycles. The fraction of sp³-hybridized carbons (Fsp3) is 0.381. The molecule has 31 heavy (non-hydrogen) atoms. The predicted octanol–water partition coefficient (Wildman–Crippen LogP) is 3.03. The topological polar surface area (TPSA) is 116 Å².